The number of carbonyl (C=O) groups is 1. The van der Waals surface area contributed by atoms with Crippen LogP contribution in [-0.4, -0.2) is 15.5 Å². The first-order valence-electron chi connectivity index (χ1n) is 7.49. The van der Waals surface area contributed by atoms with Crippen molar-refractivity contribution < 1.29 is 4.79 Å². The Morgan fingerprint density at radius 1 is 1.04 bits per heavy atom. The Labute approximate surface area is 133 Å². The van der Waals surface area contributed by atoms with Crippen molar-refractivity contribution in [3.63, 3.8) is 0 Å². The summed E-state index contributed by atoms with van der Waals surface area (Å²) in [5.41, 5.74) is 2.77. The number of fused-ring (bicyclic) bond motifs is 2. The van der Waals surface area contributed by atoms with Crippen LogP contribution in [0.2, 0.25) is 0 Å². The lowest BCUT2D eigenvalue weighted by Gasteiger charge is -2.08. The maximum absolute atomic E-state index is 12.4. The van der Waals surface area contributed by atoms with Crippen molar-refractivity contribution in [3.05, 3.63) is 78.6 Å². The zero-order valence-electron chi connectivity index (χ0n) is 12.4. The summed E-state index contributed by atoms with van der Waals surface area (Å²) in [4.78, 5) is 12.4. The number of hydrogen-bond donors (Lipinski definition) is 1. The van der Waals surface area contributed by atoms with Crippen molar-refractivity contribution >= 4 is 27.9 Å². The number of aromatic nitrogens is 2. The number of anilines is 1. The van der Waals surface area contributed by atoms with Gasteiger partial charge in [0.1, 0.15) is 0 Å². The molecule has 0 aliphatic rings. The van der Waals surface area contributed by atoms with Gasteiger partial charge >= 0.3 is 0 Å². The molecule has 0 bridgehead atoms. The second kappa shape index (κ2) is 5.57. The molecule has 2 aromatic heterocycles. The minimum atomic E-state index is -0.0229. The molecule has 4 nitrogen and oxygen atoms in total. The number of carbonyl (C=O) groups excluding carboxylic acids is 1. The highest BCUT2D eigenvalue weighted by atomic mass is 16.1. The van der Waals surface area contributed by atoms with Crippen LogP contribution in [0.5, 0.6) is 0 Å². The fourth-order valence-corrected chi connectivity index (χ4v) is 2.82. The molecule has 4 rings (SSSR count). The first-order chi connectivity index (χ1) is 11.3. The summed E-state index contributed by atoms with van der Waals surface area (Å²) in [6.07, 6.45) is 3.92. The zero-order valence-corrected chi connectivity index (χ0v) is 12.4. The van der Waals surface area contributed by atoms with Gasteiger partial charge in [-0.1, -0.05) is 42.5 Å². The van der Waals surface area contributed by atoms with Gasteiger partial charge in [-0.25, -0.2) is 4.52 Å². The van der Waals surface area contributed by atoms with Gasteiger partial charge in [0.2, 0.25) is 5.91 Å². The lowest BCUT2D eigenvalue weighted by atomic mass is 10.0. The van der Waals surface area contributed by atoms with Crippen LogP contribution in [0.25, 0.3) is 16.3 Å². The Balaban J connectivity index is 1.57. The number of rotatable bonds is 3. The molecule has 0 saturated heterocycles. The summed E-state index contributed by atoms with van der Waals surface area (Å²) in [7, 11) is 0. The number of nitrogens with zero attached hydrogens (tertiary/aromatic N) is 2. The summed E-state index contributed by atoms with van der Waals surface area (Å²) in [6, 6.07) is 19.8. The topological polar surface area (TPSA) is 46.4 Å². The number of amides is 1. The SMILES string of the molecule is O=C(Cc1cccc2ccccc12)Nc1ccn2nccc2c1. The Morgan fingerprint density at radius 2 is 1.91 bits per heavy atom. The van der Waals surface area contributed by atoms with Crippen LogP contribution in [0.3, 0.4) is 0 Å². The van der Waals surface area contributed by atoms with Gasteiger partial charge in [0, 0.05) is 18.1 Å². The molecule has 1 amide bonds. The third-order valence-corrected chi connectivity index (χ3v) is 3.91. The van der Waals surface area contributed by atoms with E-state index >= 15 is 0 Å². The number of nitrogens with one attached hydrogen (secondary N) is 1. The van der Waals surface area contributed by atoms with E-state index in [0.717, 1.165) is 27.5 Å². The Bertz CT molecular complexity index is 998. The van der Waals surface area contributed by atoms with Gasteiger partial charge in [-0.3, -0.25) is 4.79 Å². The van der Waals surface area contributed by atoms with E-state index in [2.05, 4.69) is 28.6 Å². The average molecular weight is 301 g/mol. The summed E-state index contributed by atoms with van der Waals surface area (Å²) in [5, 5.41) is 9.37. The van der Waals surface area contributed by atoms with Crippen molar-refractivity contribution in [2.75, 3.05) is 5.32 Å². The van der Waals surface area contributed by atoms with Gasteiger partial charge in [-0.2, -0.15) is 5.10 Å². The minimum absolute atomic E-state index is 0.0229. The van der Waals surface area contributed by atoms with E-state index in [4.69, 9.17) is 0 Å². The highest BCUT2D eigenvalue weighted by Gasteiger charge is 2.08. The molecule has 0 saturated carbocycles. The predicted octanol–water partition coefficient (Wildman–Crippen LogP) is 3.67. The quantitative estimate of drug-likeness (QED) is 0.627. The molecule has 2 heterocycles. The molecule has 0 aliphatic carbocycles. The largest absolute Gasteiger partial charge is 0.326 e. The van der Waals surface area contributed by atoms with Crippen LogP contribution in [0, 0.1) is 0 Å². The van der Waals surface area contributed by atoms with Crippen molar-refractivity contribution in [1.82, 2.24) is 9.61 Å². The molecular formula is C19H15N3O. The van der Waals surface area contributed by atoms with E-state index in [-0.39, 0.29) is 5.91 Å². The van der Waals surface area contributed by atoms with Crippen molar-refractivity contribution in [3.8, 4) is 0 Å². The van der Waals surface area contributed by atoms with E-state index in [9.17, 15) is 4.79 Å². The molecule has 0 fully saturated rings. The molecule has 0 spiro atoms. The molecule has 1 N–H and O–H groups in total. The van der Waals surface area contributed by atoms with Gasteiger partial charge in [-0.15, -0.1) is 0 Å². The first-order valence-corrected chi connectivity index (χ1v) is 7.49. The molecule has 0 radical (unpaired) electrons. The van der Waals surface area contributed by atoms with E-state index in [0.29, 0.717) is 6.42 Å². The third kappa shape index (κ3) is 2.66. The molecule has 2 aromatic carbocycles. The van der Waals surface area contributed by atoms with Gasteiger partial charge in [0.25, 0.3) is 0 Å². The standard InChI is InChI=1S/C19H15N3O/c23-19(21-16-9-11-22-17(13-16)8-10-20-22)12-15-6-3-5-14-4-1-2-7-18(14)15/h1-11,13H,12H2,(H,21,23). The maximum Gasteiger partial charge on any atom is 0.228 e. The minimum Gasteiger partial charge on any atom is -0.326 e. The van der Waals surface area contributed by atoms with Crippen molar-refractivity contribution in [2.45, 2.75) is 6.42 Å². The Morgan fingerprint density at radius 3 is 2.87 bits per heavy atom. The van der Waals surface area contributed by atoms with Crippen LogP contribution in [0.4, 0.5) is 5.69 Å². The van der Waals surface area contributed by atoms with E-state index in [1.54, 1.807) is 10.7 Å². The van der Waals surface area contributed by atoms with Gasteiger partial charge in [0.15, 0.2) is 0 Å². The molecule has 112 valence electrons. The second-order valence-corrected chi connectivity index (χ2v) is 5.48. The van der Waals surface area contributed by atoms with Gasteiger partial charge < -0.3 is 5.32 Å². The lowest BCUT2D eigenvalue weighted by Crippen LogP contribution is -2.14. The zero-order chi connectivity index (χ0) is 15.6. The second-order valence-electron chi connectivity index (χ2n) is 5.48. The third-order valence-electron chi connectivity index (χ3n) is 3.91. The highest BCUT2D eigenvalue weighted by molar-refractivity contribution is 5.96. The summed E-state index contributed by atoms with van der Waals surface area (Å²) in [5.74, 6) is -0.0229. The molecule has 0 atom stereocenters. The predicted molar refractivity (Wildman–Crippen MR) is 91.5 cm³/mol. The van der Waals surface area contributed by atoms with E-state index in [1.807, 2.05) is 48.7 Å². The van der Waals surface area contributed by atoms with Crippen molar-refractivity contribution in [2.24, 2.45) is 0 Å². The van der Waals surface area contributed by atoms with Gasteiger partial charge in [0.05, 0.1) is 11.9 Å². The number of pyridine rings is 1. The number of hydrogen-bond acceptors (Lipinski definition) is 2. The van der Waals surface area contributed by atoms with Crippen LogP contribution in [-0.2, 0) is 11.2 Å². The molecule has 4 aromatic rings. The fraction of sp³-hybridized carbons (Fsp3) is 0.0526. The highest BCUT2D eigenvalue weighted by Crippen LogP contribution is 2.19. The molecule has 23 heavy (non-hydrogen) atoms. The smallest absolute Gasteiger partial charge is 0.228 e. The first kappa shape index (κ1) is 13.5. The molecule has 0 unspecified atom stereocenters. The Kier molecular flexibility index (Phi) is 3.27. The molecule has 4 heteroatoms. The molecule has 0 aliphatic heterocycles. The van der Waals surface area contributed by atoms with Crippen LogP contribution in [0.15, 0.2) is 73.1 Å². The average Bonchev–Trinajstić information content (AvgIpc) is 3.03. The normalized spacial score (nSPS) is 11.0. The molecular weight excluding hydrogens is 286 g/mol. The Hall–Kier alpha value is -3.14. The fourth-order valence-electron chi connectivity index (χ4n) is 2.82. The van der Waals surface area contributed by atoms with Crippen LogP contribution >= 0.6 is 0 Å². The maximum atomic E-state index is 12.4. The van der Waals surface area contributed by atoms with Gasteiger partial charge in [-0.05, 0) is 34.5 Å². The summed E-state index contributed by atoms with van der Waals surface area (Å²) < 4.78 is 1.76. The van der Waals surface area contributed by atoms with Crippen LogP contribution < -0.4 is 5.32 Å². The summed E-state index contributed by atoms with van der Waals surface area (Å²) in [6.45, 7) is 0. The van der Waals surface area contributed by atoms with Crippen molar-refractivity contribution in [1.29, 1.82) is 0 Å². The van der Waals surface area contributed by atoms with Crippen LogP contribution in [0.1, 0.15) is 5.56 Å². The van der Waals surface area contributed by atoms with E-state index in [1.165, 1.54) is 0 Å². The monoisotopic (exact) mass is 301 g/mol. The van der Waals surface area contributed by atoms with E-state index < -0.39 is 0 Å². The lowest BCUT2D eigenvalue weighted by molar-refractivity contribution is -0.115. The number of benzene rings is 2. The summed E-state index contributed by atoms with van der Waals surface area (Å²) >= 11 is 0.